The van der Waals surface area contributed by atoms with E-state index in [0.717, 1.165) is 12.1 Å². The molecule has 0 saturated carbocycles. The second-order valence-corrected chi connectivity index (χ2v) is 4.70. The molecule has 1 N–H and O–H groups in total. The van der Waals surface area contributed by atoms with Gasteiger partial charge >= 0.3 is 0 Å². The fraction of sp³-hybridized carbons (Fsp3) is 0.167. The largest absolute Gasteiger partial charge is 0.337 e. The fourth-order valence-corrected chi connectivity index (χ4v) is 1.80. The Hall–Kier alpha value is -1.76. The number of halogens is 3. The van der Waals surface area contributed by atoms with Gasteiger partial charge in [-0.2, -0.15) is 0 Å². The van der Waals surface area contributed by atoms with Crippen molar-refractivity contribution in [2.75, 3.05) is 5.32 Å². The predicted molar refractivity (Wildman–Crippen MR) is 69.5 cm³/mol. The Balaban J connectivity index is 1.97. The van der Waals surface area contributed by atoms with Crippen molar-refractivity contribution >= 4 is 27.5 Å². The molecular formula is C12H10BrF2N3O. The van der Waals surface area contributed by atoms with E-state index in [9.17, 15) is 13.6 Å². The van der Waals surface area contributed by atoms with Crippen LogP contribution in [-0.2, 0) is 11.3 Å². The quantitative estimate of drug-likeness (QED) is 0.876. The van der Waals surface area contributed by atoms with Gasteiger partial charge in [-0.05, 0) is 22.0 Å². The second-order valence-electron chi connectivity index (χ2n) is 3.84. The van der Waals surface area contributed by atoms with E-state index in [1.165, 1.54) is 0 Å². The van der Waals surface area contributed by atoms with Crippen LogP contribution in [0.1, 0.15) is 6.42 Å². The lowest BCUT2D eigenvalue weighted by Gasteiger charge is -2.07. The van der Waals surface area contributed by atoms with E-state index in [1.54, 1.807) is 23.3 Å². The first-order chi connectivity index (χ1) is 9.06. The van der Waals surface area contributed by atoms with Crippen LogP contribution in [0.4, 0.5) is 14.5 Å². The lowest BCUT2D eigenvalue weighted by molar-refractivity contribution is -0.116. The van der Waals surface area contributed by atoms with Gasteiger partial charge in [0.1, 0.15) is 11.6 Å². The van der Waals surface area contributed by atoms with E-state index in [2.05, 4.69) is 26.2 Å². The minimum atomic E-state index is -0.691. The predicted octanol–water partition coefficient (Wildman–Crippen LogP) is 2.95. The molecule has 2 rings (SSSR count). The van der Waals surface area contributed by atoms with E-state index in [-0.39, 0.29) is 16.6 Å². The molecule has 0 atom stereocenters. The number of rotatable bonds is 4. The van der Waals surface area contributed by atoms with Crippen LogP contribution in [-0.4, -0.2) is 15.5 Å². The van der Waals surface area contributed by atoms with Gasteiger partial charge in [0, 0.05) is 31.4 Å². The van der Waals surface area contributed by atoms with Gasteiger partial charge < -0.3 is 9.88 Å². The Morgan fingerprint density at radius 2 is 2.16 bits per heavy atom. The van der Waals surface area contributed by atoms with Gasteiger partial charge in [0.2, 0.25) is 5.91 Å². The summed E-state index contributed by atoms with van der Waals surface area (Å²) in [5.74, 6) is -1.72. The van der Waals surface area contributed by atoms with Gasteiger partial charge in [-0.3, -0.25) is 4.79 Å². The zero-order valence-corrected chi connectivity index (χ0v) is 11.3. The van der Waals surface area contributed by atoms with Crippen LogP contribution in [0.2, 0.25) is 0 Å². The highest BCUT2D eigenvalue weighted by atomic mass is 79.9. The summed E-state index contributed by atoms with van der Waals surface area (Å²) in [6.07, 6.45) is 5.04. The van der Waals surface area contributed by atoms with Gasteiger partial charge in [-0.25, -0.2) is 13.8 Å². The van der Waals surface area contributed by atoms with Gasteiger partial charge in [0.05, 0.1) is 16.5 Å². The smallest absolute Gasteiger partial charge is 0.226 e. The van der Waals surface area contributed by atoms with Gasteiger partial charge in [-0.1, -0.05) is 0 Å². The van der Waals surface area contributed by atoms with Gasteiger partial charge in [0.15, 0.2) is 0 Å². The van der Waals surface area contributed by atoms with Crippen LogP contribution in [0, 0.1) is 11.6 Å². The molecule has 1 heterocycles. The Morgan fingerprint density at radius 1 is 1.37 bits per heavy atom. The number of carbonyl (C=O) groups is 1. The van der Waals surface area contributed by atoms with Crippen LogP contribution in [0.5, 0.6) is 0 Å². The third kappa shape index (κ3) is 3.60. The number of benzene rings is 1. The van der Waals surface area contributed by atoms with E-state index < -0.39 is 17.5 Å². The molecule has 4 nitrogen and oxygen atoms in total. The number of anilines is 1. The average Bonchev–Trinajstić information content (AvgIpc) is 2.86. The fourth-order valence-electron chi connectivity index (χ4n) is 1.48. The Labute approximate surface area is 116 Å². The number of nitrogens with one attached hydrogen (secondary N) is 1. The van der Waals surface area contributed by atoms with Crippen molar-refractivity contribution in [1.82, 2.24) is 9.55 Å². The number of carbonyl (C=O) groups excluding carboxylic acids is 1. The lowest BCUT2D eigenvalue weighted by atomic mass is 10.3. The maximum absolute atomic E-state index is 13.5. The first-order valence-corrected chi connectivity index (χ1v) is 6.25. The lowest BCUT2D eigenvalue weighted by Crippen LogP contribution is -2.15. The molecular weight excluding hydrogens is 320 g/mol. The molecule has 0 aliphatic rings. The summed E-state index contributed by atoms with van der Waals surface area (Å²) in [7, 11) is 0. The highest BCUT2D eigenvalue weighted by molar-refractivity contribution is 9.10. The molecule has 0 fully saturated rings. The number of imidazole rings is 1. The van der Waals surface area contributed by atoms with Crippen LogP contribution in [0.3, 0.4) is 0 Å². The summed E-state index contributed by atoms with van der Waals surface area (Å²) in [5.41, 5.74) is -0.170. The maximum atomic E-state index is 13.5. The molecule has 1 aromatic carbocycles. The summed E-state index contributed by atoms with van der Waals surface area (Å²) in [4.78, 5) is 15.4. The number of hydrogen-bond donors (Lipinski definition) is 1. The monoisotopic (exact) mass is 329 g/mol. The van der Waals surface area contributed by atoms with Gasteiger partial charge in [-0.15, -0.1) is 0 Å². The molecule has 1 aromatic heterocycles. The highest BCUT2D eigenvalue weighted by Gasteiger charge is 2.11. The number of aryl methyl sites for hydroxylation is 1. The average molecular weight is 330 g/mol. The molecule has 0 unspecified atom stereocenters. The number of amides is 1. The normalized spacial score (nSPS) is 10.5. The third-order valence-electron chi connectivity index (χ3n) is 2.44. The van der Waals surface area contributed by atoms with Crippen LogP contribution >= 0.6 is 15.9 Å². The summed E-state index contributed by atoms with van der Waals surface area (Å²) < 4.78 is 28.5. The van der Waals surface area contributed by atoms with E-state index >= 15 is 0 Å². The van der Waals surface area contributed by atoms with E-state index in [1.807, 2.05) is 0 Å². The molecule has 1 amide bonds. The van der Waals surface area contributed by atoms with Crippen molar-refractivity contribution in [2.45, 2.75) is 13.0 Å². The van der Waals surface area contributed by atoms with Crippen molar-refractivity contribution < 1.29 is 13.6 Å². The van der Waals surface area contributed by atoms with Crippen molar-refractivity contribution in [1.29, 1.82) is 0 Å². The van der Waals surface area contributed by atoms with Crippen molar-refractivity contribution in [2.24, 2.45) is 0 Å². The second kappa shape index (κ2) is 5.92. The Morgan fingerprint density at radius 3 is 2.84 bits per heavy atom. The molecule has 0 aliphatic heterocycles. The minimum absolute atomic E-state index is 0.0152. The van der Waals surface area contributed by atoms with Crippen LogP contribution < -0.4 is 5.32 Å². The molecule has 0 radical (unpaired) electrons. The Kier molecular flexibility index (Phi) is 4.26. The standard InChI is InChI=1S/C12H10BrF2N3O/c13-8-5-10(15)11(6-9(8)14)17-12(19)1-3-18-4-2-16-7-18/h2,4-7H,1,3H2,(H,17,19). The van der Waals surface area contributed by atoms with Crippen molar-refractivity contribution in [3.63, 3.8) is 0 Å². The number of aromatic nitrogens is 2. The summed E-state index contributed by atoms with van der Waals surface area (Å²) >= 11 is 2.87. The third-order valence-corrected chi connectivity index (χ3v) is 3.05. The number of nitrogens with zero attached hydrogens (tertiary/aromatic N) is 2. The molecule has 0 aliphatic carbocycles. The summed E-state index contributed by atoms with van der Waals surface area (Å²) in [6, 6.07) is 1.91. The van der Waals surface area contributed by atoms with Crippen molar-refractivity contribution in [3.8, 4) is 0 Å². The number of hydrogen-bond acceptors (Lipinski definition) is 2. The van der Waals surface area contributed by atoms with Crippen LogP contribution in [0.15, 0.2) is 35.3 Å². The van der Waals surface area contributed by atoms with Crippen LogP contribution in [0.25, 0.3) is 0 Å². The molecule has 7 heteroatoms. The first kappa shape index (κ1) is 13.7. The summed E-state index contributed by atoms with van der Waals surface area (Å²) in [6.45, 7) is 0.423. The van der Waals surface area contributed by atoms with E-state index in [4.69, 9.17) is 0 Å². The SMILES string of the molecule is O=C(CCn1ccnc1)Nc1cc(F)c(Br)cc1F. The maximum Gasteiger partial charge on any atom is 0.226 e. The minimum Gasteiger partial charge on any atom is -0.337 e. The Bertz CT molecular complexity index is 587. The zero-order valence-electron chi connectivity index (χ0n) is 9.74. The van der Waals surface area contributed by atoms with Gasteiger partial charge in [0.25, 0.3) is 0 Å². The molecule has 0 saturated heterocycles. The molecule has 0 spiro atoms. The molecule has 19 heavy (non-hydrogen) atoms. The highest BCUT2D eigenvalue weighted by Crippen LogP contribution is 2.23. The molecule has 0 bridgehead atoms. The molecule has 100 valence electrons. The van der Waals surface area contributed by atoms with E-state index in [0.29, 0.717) is 6.54 Å². The first-order valence-electron chi connectivity index (χ1n) is 5.46. The molecule has 2 aromatic rings. The van der Waals surface area contributed by atoms with Crippen molar-refractivity contribution in [3.05, 3.63) is 47.0 Å². The summed E-state index contributed by atoms with van der Waals surface area (Å²) in [5, 5.41) is 2.33. The zero-order chi connectivity index (χ0) is 13.8. The topological polar surface area (TPSA) is 46.9 Å².